The second-order valence-electron chi connectivity index (χ2n) is 11.4. The van der Waals surface area contributed by atoms with Gasteiger partial charge in [0.2, 0.25) is 11.5 Å². The molecule has 0 atom stereocenters. The molecule has 0 bridgehead atoms. The third-order valence-electron chi connectivity index (χ3n) is 8.01. The van der Waals surface area contributed by atoms with E-state index in [1.165, 1.54) is 0 Å². The molecule has 3 heterocycles. The molecule has 1 aromatic carbocycles. The molecule has 2 aliphatic rings. The lowest BCUT2D eigenvalue weighted by molar-refractivity contribution is -0.132. The monoisotopic (exact) mass is 598 g/mol. The van der Waals surface area contributed by atoms with Crippen molar-refractivity contribution < 1.29 is 23.9 Å². The van der Waals surface area contributed by atoms with Gasteiger partial charge in [-0.1, -0.05) is 13.0 Å². The van der Waals surface area contributed by atoms with Gasteiger partial charge in [0, 0.05) is 69.5 Å². The lowest BCUT2D eigenvalue weighted by Gasteiger charge is -2.30. The number of carbonyl (C=O) groups is 3. The standard InChI is InChI=1S/C31H46N6O6/c1-3-34(23-31(41)32-25-4-5-28-24(2)18-30(40)33-29(28)19-25)6-7-35-10-14-42-16-12-36(13-17-43-15-11-35)8-9-37-21-26(38)20-27(39)22-37/h4-5,18-19H,3,6-17,20-23H2,1-2H3,(H,32,41)(H,33,40). The maximum Gasteiger partial charge on any atom is 0.248 e. The van der Waals surface area contributed by atoms with Crippen LogP contribution in [-0.2, 0) is 23.9 Å². The van der Waals surface area contributed by atoms with Crippen LogP contribution in [-0.4, -0.2) is 147 Å². The summed E-state index contributed by atoms with van der Waals surface area (Å²) < 4.78 is 11.9. The number of hydrogen-bond donors (Lipinski definition) is 2. The number of H-pyrrole nitrogens is 1. The average Bonchev–Trinajstić information content (AvgIpc) is 2.94. The number of aromatic amines is 1. The molecule has 2 fully saturated rings. The zero-order valence-electron chi connectivity index (χ0n) is 25.6. The van der Waals surface area contributed by atoms with Crippen LogP contribution in [0, 0.1) is 6.92 Å². The summed E-state index contributed by atoms with van der Waals surface area (Å²) in [6, 6.07) is 7.14. The van der Waals surface area contributed by atoms with E-state index in [0.29, 0.717) is 57.3 Å². The Morgan fingerprint density at radius 1 is 0.884 bits per heavy atom. The number of aromatic nitrogens is 1. The summed E-state index contributed by atoms with van der Waals surface area (Å²) in [6.45, 7) is 14.2. The fraction of sp³-hybridized carbons (Fsp3) is 0.613. The number of nitrogens with zero attached hydrogens (tertiary/aromatic N) is 4. The van der Waals surface area contributed by atoms with Crippen molar-refractivity contribution in [3.05, 3.63) is 40.2 Å². The van der Waals surface area contributed by atoms with Crippen molar-refractivity contribution in [3.63, 3.8) is 0 Å². The van der Waals surface area contributed by atoms with E-state index in [9.17, 15) is 19.2 Å². The molecule has 2 N–H and O–H groups in total. The summed E-state index contributed by atoms with van der Waals surface area (Å²) in [6.07, 6.45) is 0.0708. The van der Waals surface area contributed by atoms with Crippen LogP contribution in [0.5, 0.6) is 0 Å². The van der Waals surface area contributed by atoms with Crippen LogP contribution in [0.25, 0.3) is 10.9 Å². The highest BCUT2D eigenvalue weighted by Crippen LogP contribution is 2.19. The van der Waals surface area contributed by atoms with Crippen LogP contribution in [0.15, 0.2) is 29.1 Å². The molecule has 4 rings (SSSR count). The Morgan fingerprint density at radius 2 is 1.49 bits per heavy atom. The predicted octanol–water partition coefficient (Wildman–Crippen LogP) is 0.592. The quantitative estimate of drug-likeness (QED) is 0.375. The molecule has 2 saturated heterocycles. The van der Waals surface area contributed by atoms with E-state index in [0.717, 1.165) is 63.3 Å². The van der Waals surface area contributed by atoms with Gasteiger partial charge < -0.3 is 19.8 Å². The molecule has 2 aromatic rings. The second-order valence-corrected chi connectivity index (χ2v) is 11.4. The molecule has 0 saturated carbocycles. The lowest BCUT2D eigenvalue weighted by atomic mass is 10.1. The molecule has 12 nitrogen and oxygen atoms in total. The fourth-order valence-corrected chi connectivity index (χ4v) is 5.52. The molecule has 0 unspecified atom stereocenters. The van der Waals surface area contributed by atoms with Crippen LogP contribution in [0.4, 0.5) is 5.69 Å². The van der Waals surface area contributed by atoms with E-state index in [2.05, 4.69) is 25.0 Å². The van der Waals surface area contributed by atoms with Gasteiger partial charge in [-0.3, -0.25) is 38.8 Å². The van der Waals surface area contributed by atoms with Gasteiger partial charge in [-0.2, -0.15) is 0 Å². The smallest absolute Gasteiger partial charge is 0.248 e. The molecule has 0 aliphatic carbocycles. The number of likely N-dealkylation sites (N-methyl/N-ethyl adjacent to an activating group) is 1. The van der Waals surface area contributed by atoms with Crippen LogP contribution < -0.4 is 10.9 Å². The Balaban J connectivity index is 1.18. The average molecular weight is 599 g/mol. The van der Waals surface area contributed by atoms with Crippen molar-refractivity contribution >= 4 is 34.1 Å². The Bertz CT molecular complexity index is 1270. The molecular weight excluding hydrogens is 552 g/mol. The lowest BCUT2D eigenvalue weighted by Crippen LogP contribution is -2.46. The molecule has 0 radical (unpaired) electrons. The minimum absolute atomic E-state index is 0.00196. The largest absolute Gasteiger partial charge is 0.379 e. The molecule has 12 heteroatoms. The van der Waals surface area contributed by atoms with Crippen molar-refractivity contribution in [2.24, 2.45) is 0 Å². The number of Topliss-reactive ketones (excluding diaryl/α,β-unsaturated/α-hetero) is 2. The van der Waals surface area contributed by atoms with Gasteiger partial charge in [0.15, 0.2) is 11.6 Å². The Hall–Kier alpha value is -3.00. The minimum Gasteiger partial charge on any atom is -0.379 e. The van der Waals surface area contributed by atoms with Crippen LogP contribution in [0.1, 0.15) is 18.9 Å². The first-order chi connectivity index (χ1) is 20.8. The van der Waals surface area contributed by atoms with Gasteiger partial charge in [-0.25, -0.2) is 0 Å². The number of pyridine rings is 1. The normalized spacial score (nSPS) is 19.0. The molecule has 236 valence electrons. The molecular formula is C31H46N6O6. The third kappa shape index (κ3) is 10.9. The molecule has 0 spiro atoms. The maximum absolute atomic E-state index is 12.8. The van der Waals surface area contributed by atoms with Crippen LogP contribution >= 0.6 is 0 Å². The summed E-state index contributed by atoms with van der Waals surface area (Å²) in [5.74, 6) is -0.0937. The molecule has 43 heavy (non-hydrogen) atoms. The zero-order chi connectivity index (χ0) is 30.6. The maximum atomic E-state index is 12.8. The van der Waals surface area contributed by atoms with Crippen molar-refractivity contribution in [1.29, 1.82) is 0 Å². The third-order valence-corrected chi connectivity index (χ3v) is 8.01. The van der Waals surface area contributed by atoms with E-state index >= 15 is 0 Å². The number of ether oxygens (including phenoxy) is 2. The van der Waals surface area contributed by atoms with E-state index in [1.807, 2.05) is 30.9 Å². The van der Waals surface area contributed by atoms with Crippen LogP contribution in [0.2, 0.25) is 0 Å². The van der Waals surface area contributed by atoms with Gasteiger partial charge in [0.05, 0.1) is 58.0 Å². The van der Waals surface area contributed by atoms with Crippen molar-refractivity contribution in [3.8, 4) is 0 Å². The SMILES string of the molecule is CCN(CCN1CCOCCN(CCN2CC(=O)CC(=O)C2)CCOCC1)CC(=O)Nc1ccc2c(C)cc(=O)[nH]c2c1. The summed E-state index contributed by atoms with van der Waals surface area (Å²) in [5.41, 5.74) is 2.10. The highest BCUT2D eigenvalue weighted by atomic mass is 16.5. The fourth-order valence-electron chi connectivity index (χ4n) is 5.52. The Labute approximate surface area is 253 Å². The summed E-state index contributed by atoms with van der Waals surface area (Å²) in [7, 11) is 0. The van der Waals surface area contributed by atoms with E-state index in [4.69, 9.17) is 9.47 Å². The van der Waals surface area contributed by atoms with Crippen molar-refractivity contribution in [2.45, 2.75) is 20.3 Å². The first-order valence-corrected chi connectivity index (χ1v) is 15.3. The highest BCUT2D eigenvalue weighted by molar-refractivity contribution is 6.03. The number of anilines is 1. The molecule has 1 aromatic heterocycles. The van der Waals surface area contributed by atoms with Crippen LogP contribution in [0.3, 0.4) is 0 Å². The number of nitrogens with one attached hydrogen (secondary N) is 2. The van der Waals surface area contributed by atoms with E-state index < -0.39 is 0 Å². The Kier molecular flexibility index (Phi) is 12.8. The van der Waals surface area contributed by atoms with E-state index in [1.54, 1.807) is 12.1 Å². The minimum atomic E-state index is -0.160. The van der Waals surface area contributed by atoms with Gasteiger partial charge >= 0.3 is 0 Å². The number of rotatable bonds is 10. The number of benzene rings is 1. The molecule has 1 amide bonds. The highest BCUT2D eigenvalue weighted by Gasteiger charge is 2.23. The second kappa shape index (κ2) is 16.7. The zero-order valence-corrected chi connectivity index (χ0v) is 25.6. The number of piperidine rings is 1. The first kappa shape index (κ1) is 32.9. The van der Waals surface area contributed by atoms with Crippen molar-refractivity contribution in [2.75, 3.05) is 110 Å². The first-order valence-electron chi connectivity index (χ1n) is 15.3. The topological polar surface area (TPSA) is 128 Å². The van der Waals surface area contributed by atoms with Gasteiger partial charge in [0.25, 0.3) is 0 Å². The Morgan fingerprint density at radius 3 is 2.12 bits per heavy atom. The molecule has 2 aliphatic heterocycles. The van der Waals surface area contributed by atoms with Crippen molar-refractivity contribution in [1.82, 2.24) is 24.6 Å². The number of hydrogen-bond acceptors (Lipinski definition) is 10. The number of amides is 1. The van der Waals surface area contributed by atoms with E-state index in [-0.39, 0.29) is 36.0 Å². The summed E-state index contributed by atoms with van der Waals surface area (Å²) in [5, 5.41) is 3.92. The van der Waals surface area contributed by atoms with Gasteiger partial charge in [-0.15, -0.1) is 0 Å². The van der Waals surface area contributed by atoms with Gasteiger partial charge in [0.1, 0.15) is 0 Å². The predicted molar refractivity (Wildman–Crippen MR) is 166 cm³/mol. The summed E-state index contributed by atoms with van der Waals surface area (Å²) >= 11 is 0. The number of likely N-dealkylation sites (tertiary alicyclic amines) is 1. The summed E-state index contributed by atoms with van der Waals surface area (Å²) in [4.78, 5) is 59.6. The number of ketones is 2. The van der Waals surface area contributed by atoms with Gasteiger partial charge in [-0.05, 0) is 31.2 Å². The number of carbonyl (C=O) groups excluding carboxylic acids is 3. The number of aryl methyl sites for hydroxylation is 1. The number of fused-ring (bicyclic) bond motifs is 1.